The molecule has 0 amide bonds. The molecule has 0 saturated carbocycles. The van der Waals surface area contributed by atoms with Crippen molar-refractivity contribution in [2.24, 2.45) is 0 Å². The number of nitrogens with one attached hydrogen (secondary N) is 1. The summed E-state index contributed by atoms with van der Waals surface area (Å²) < 4.78 is 10.0. The molecular formula is C14H11ClN4O3. The van der Waals surface area contributed by atoms with Crippen LogP contribution in [0.4, 0.5) is 11.5 Å². The largest absolute Gasteiger partial charge is 0.461 e. The number of benzene rings is 1. The highest BCUT2D eigenvalue weighted by atomic mass is 35.5. The maximum absolute atomic E-state index is 11.9. The number of carbonyl (C=O) groups excluding carboxylic acids is 1. The van der Waals surface area contributed by atoms with E-state index in [2.05, 4.69) is 20.4 Å². The predicted octanol–water partition coefficient (Wildman–Crippen LogP) is 3.19. The van der Waals surface area contributed by atoms with E-state index in [1.165, 1.54) is 6.33 Å². The molecule has 3 rings (SSSR count). The molecule has 2 aromatic heterocycles. The topological polar surface area (TPSA) is 90.1 Å². The third-order valence-electron chi connectivity index (χ3n) is 2.83. The zero-order chi connectivity index (χ0) is 15.5. The lowest BCUT2D eigenvalue weighted by atomic mass is 10.2. The van der Waals surface area contributed by atoms with Crippen LogP contribution in [0, 0.1) is 0 Å². The fourth-order valence-electron chi connectivity index (χ4n) is 1.92. The number of nitrogens with zero attached hydrogens (tertiary/aromatic N) is 3. The summed E-state index contributed by atoms with van der Waals surface area (Å²) in [6.07, 6.45) is 1.31. The zero-order valence-electron chi connectivity index (χ0n) is 11.5. The van der Waals surface area contributed by atoms with Crippen molar-refractivity contribution in [2.45, 2.75) is 6.92 Å². The van der Waals surface area contributed by atoms with E-state index in [0.717, 1.165) is 0 Å². The van der Waals surface area contributed by atoms with Gasteiger partial charge in [0, 0.05) is 10.7 Å². The van der Waals surface area contributed by atoms with Gasteiger partial charge in [-0.05, 0) is 25.1 Å². The number of fused-ring (bicyclic) bond motifs is 1. The molecule has 0 aliphatic heterocycles. The molecule has 8 heteroatoms. The van der Waals surface area contributed by atoms with Gasteiger partial charge >= 0.3 is 5.97 Å². The predicted molar refractivity (Wildman–Crippen MR) is 80.3 cm³/mol. The van der Waals surface area contributed by atoms with E-state index in [0.29, 0.717) is 21.9 Å². The van der Waals surface area contributed by atoms with Crippen LogP contribution in [0.15, 0.2) is 35.1 Å². The maximum atomic E-state index is 11.9. The molecule has 0 unspecified atom stereocenters. The number of aromatic nitrogens is 3. The Labute approximate surface area is 130 Å². The first-order valence-corrected chi connectivity index (χ1v) is 6.87. The number of carbonyl (C=O) groups is 1. The lowest BCUT2D eigenvalue weighted by Gasteiger charge is -2.06. The minimum Gasteiger partial charge on any atom is -0.461 e. The number of halogens is 1. The Morgan fingerprint density at radius 3 is 3.05 bits per heavy atom. The normalized spacial score (nSPS) is 10.6. The minimum atomic E-state index is -0.592. The third-order valence-corrected chi connectivity index (χ3v) is 3.06. The summed E-state index contributed by atoms with van der Waals surface area (Å²) in [4.78, 5) is 20.0. The van der Waals surface area contributed by atoms with E-state index < -0.39 is 5.97 Å². The molecule has 0 aliphatic carbocycles. The molecule has 112 valence electrons. The Balaban J connectivity index is 2.05. The van der Waals surface area contributed by atoms with Gasteiger partial charge in [-0.3, -0.25) is 0 Å². The van der Waals surface area contributed by atoms with E-state index in [1.807, 2.05) is 6.07 Å². The Morgan fingerprint density at radius 1 is 1.41 bits per heavy atom. The Kier molecular flexibility index (Phi) is 3.88. The molecule has 22 heavy (non-hydrogen) atoms. The quantitative estimate of drug-likeness (QED) is 0.739. The summed E-state index contributed by atoms with van der Waals surface area (Å²) >= 11 is 5.95. The van der Waals surface area contributed by atoms with E-state index in [9.17, 15) is 4.79 Å². The molecule has 0 aliphatic rings. The van der Waals surface area contributed by atoms with Crippen molar-refractivity contribution in [3.8, 4) is 0 Å². The zero-order valence-corrected chi connectivity index (χ0v) is 12.3. The lowest BCUT2D eigenvalue weighted by Crippen LogP contribution is -2.06. The average Bonchev–Trinajstić information content (AvgIpc) is 2.93. The first kappa shape index (κ1) is 14.3. The van der Waals surface area contributed by atoms with Crippen LogP contribution >= 0.6 is 11.6 Å². The molecule has 1 N–H and O–H groups in total. The van der Waals surface area contributed by atoms with Crippen molar-refractivity contribution in [1.29, 1.82) is 0 Å². The van der Waals surface area contributed by atoms with E-state index >= 15 is 0 Å². The average molecular weight is 319 g/mol. The molecule has 0 spiro atoms. The van der Waals surface area contributed by atoms with Crippen LogP contribution in [0.3, 0.4) is 0 Å². The molecule has 1 aromatic carbocycles. The second-order valence-corrected chi connectivity index (χ2v) is 4.73. The molecule has 7 nitrogen and oxygen atoms in total. The number of esters is 1. The lowest BCUT2D eigenvalue weighted by molar-refractivity contribution is 0.0517. The second kappa shape index (κ2) is 5.98. The third kappa shape index (κ3) is 2.71. The summed E-state index contributed by atoms with van der Waals surface area (Å²) in [5, 5.41) is 7.72. The van der Waals surface area contributed by atoms with Crippen LogP contribution in [0.1, 0.15) is 17.4 Å². The van der Waals surface area contributed by atoms with Gasteiger partial charge in [0.1, 0.15) is 17.5 Å². The minimum absolute atomic E-state index is 0.0296. The van der Waals surface area contributed by atoms with Crippen LogP contribution in [-0.2, 0) is 4.74 Å². The van der Waals surface area contributed by atoms with Gasteiger partial charge in [-0.15, -0.1) is 0 Å². The number of anilines is 2. The fourth-order valence-corrected chi connectivity index (χ4v) is 2.11. The van der Waals surface area contributed by atoms with E-state index in [-0.39, 0.29) is 18.0 Å². The number of ether oxygens (including phenoxy) is 1. The molecule has 0 bridgehead atoms. The molecular weight excluding hydrogens is 308 g/mol. The van der Waals surface area contributed by atoms with Gasteiger partial charge in [-0.25, -0.2) is 9.78 Å². The summed E-state index contributed by atoms with van der Waals surface area (Å²) in [5.74, 6) is -0.207. The van der Waals surface area contributed by atoms with Crippen LogP contribution in [0.5, 0.6) is 0 Å². The van der Waals surface area contributed by atoms with Gasteiger partial charge in [0.05, 0.1) is 6.61 Å². The number of hydrogen-bond acceptors (Lipinski definition) is 7. The maximum Gasteiger partial charge on any atom is 0.361 e. The van der Waals surface area contributed by atoms with Crippen molar-refractivity contribution in [1.82, 2.24) is 15.1 Å². The summed E-state index contributed by atoms with van der Waals surface area (Å²) in [7, 11) is 0. The highest BCUT2D eigenvalue weighted by Crippen LogP contribution is 2.27. The van der Waals surface area contributed by atoms with Gasteiger partial charge in [0.15, 0.2) is 0 Å². The van der Waals surface area contributed by atoms with Crippen LogP contribution in [0.2, 0.25) is 5.02 Å². The SMILES string of the molecule is CCOC(=O)c1noc2ncnc(Nc3cccc(Cl)c3)c12. The van der Waals surface area contributed by atoms with Gasteiger partial charge < -0.3 is 14.6 Å². The Morgan fingerprint density at radius 2 is 2.27 bits per heavy atom. The standard InChI is InChI=1S/C14H11ClN4O3/c1-2-21-14(20)11-10-12(16-7-17-13(10)22-19-11)18-9-5-3-4-8(15)6-9/h3-7H,2H2,1H3,(H,16,17,18). The first-order chi connectivity index (χ1) is 10.7. The summed E-state index contributed by atoms with van der Waals surface area (Å²) in [5.41, 5.74) is 0.938. The Hall–Kier alpha value is -2.67. The summed E-state index contributed by atoms with van der Waals surface area (Å²) in [6, 6.07) is 7.10. The van der Waals surface area contributed by atoms with Gasteiger partial charge in [-0.1, -0.05) is 22.8 Å². The van der Waals surface area contributed by atoms with E-state index in [1.54, 1.807) is 25.1 Å². The van der Waals surface area contributed by atoms with Crippen molar-refractivity contribution in [3.63, 3.8) is 0 Å². The van der Waals surface area contributed by atoms with Crippen LogP contribution in [-0.4, -0.2) is 27.7 Å². The van der Waals surface area contributed by atoms with Crippen molar-refractivity contribution in [2.75, 3.05) is 11.9 Å². The van der Waals surface area contributed by atoms with Crippen LogP contribution in [0.25, 0.3) is 11.1 Å². The monoisotopic (exact) mass is 318 g/mol. The smallest absolute Gasteiger partial charge is 0.361 e. The molecule has 0 saturated heterocycles. The highest BCUT2D eigenvalue weighted by molar-refractivity contribution is 6.30. The summed E-state index contributed by atoms with van der Waals surface area (Å²) in [6.45, 7) is 1.94. The van der Waals surface area contributed by atoms with Gasteiger partial charge in [-0.2, -0.15) is 4.98 Å². The van der Waals surface area contributed by atoms with E-state index in [4.69, 9.17) is 20.9 Å². The molecule has 2 heterocycles. The van der Waals surface area contributed by atoms with Crippen molar-refractivity contribution in [3.05, 3.63) is 41.3 Å². The second-order valence-electron chi connectivity index (χ2n) is 4.29. The molecule has 0 radical (unpaired) electrons. The number of rotatable bonds is 4. The molecule has 0 fully saturated rings. The highest BCUT2D eigenvalue weighted by Gasteiger charge is 2.22. The first-order valence-electron chi connectivity index (χ1n) is 6.49. The Bertz CT molecular complexity index is 834. The molecule has 0 atom stereocenters. The van der Waals surface area contributed by atoms with Gasteiger partial charge in [0.25, 0.3) is 5.71 Å². The fraction of sp³-hybridized carbons (Fsp3) is 0.143. The van der Waals surface area contributed by atoms with Crippen molar-refractivity contribution < 1.29 is 14.1 Å². The number of hydrogen-bond donors (Lipinski definition) is 1. The van der Waals surface area contributed by atoms with Gasteiger partial charge in [0.2, 0.25) is 5.69 Å². The van der Waals surface area contributed by atoms with Crippen molar-refractivity contribution >= 4 is 40.2 Å². The molecule has 3 aromatic rings. The van der Waals surface area contributed by atoms with Crippen LogP contribution < -0.4 is 5.32 Å².